The van der Waals surface area contributed by atoms with Crippen LogP contribution >= 0.6 is 11.3 Å². The van der Waals surface area contributed by atoms with Crippen molar-refractivity contribution in [1.29, 1.82) is 0 Å². The summed E-state index contributed by atoms with van der Waals surface area (Å²) in [5, 5.41) is 4.45. The van der Waals surface area contributed by atoms with Gasteiger partial charge in [0.15, 0.2) is 0 Å². The van der Waals surface area contributed by atoms with Crippen LogP contribution in [-0.2, 0) is 25.8 Å². The predicted octanol–water partition coefficient (Wildman–Crippen LogP) is 6.76. The first-order chi connectivity index (χ1) is 16.5. The number of nitrogens with one attached hydrogen (secondary N) is 1. The van der Waals surface area contributed by atoms with Gasteiger partial charge in [-0.3, -0.25) is 4.90 Å². The van der Waals surface area contributed by atoms with E-state index in [0.29, 0.717) is 0 Å². The summed E-state index contributed by atoms with van der Waals surface area (Å²) >= 11 is 1.79. The Balaban J connectivity index is 1.43. The van der Waals surface area contributed by atoms with Gasteiger partial charge in [0.25, 0.3) is 0 Å². The molecule has 0 bridgehead atoms. The fourth-order valence-electron chi connectivity index (χ4n) is 4.66. The minimum atomic E-state index is 0.909. The number of hydrogen-bond donors (Lipinski definition) is 2. The third kappa shape index (κ3) is 5.60. The maximum atomic E-state index is 6.58. The van der Waals surface area contributed by atoms with Crippen LogP contribution in [0.25, 0.3) is 10.6 Å². The number of aryl methyl sites for hydroxylation is 1. The van der Waals surface area contributed by atoms with Gasteiger partial charge in [0.1, 0.15) is 5.01 Å². The lowest BCUT2D eigenvalue weighted by Crippen LogP contribution is -2.26. The van der Waals surface area contributed by atoms with E-state index in [4.69, 9.17) is 10.7 Å². The molecule has 1 aromatic heterocycles. The third-order valence-electron chi connectivity index (χ3n) is 6.52. The molecule has 178 valence electrons. The molecule has 1 aliphatic rings. The number of fused-ring (bicyclic) bond motifs is 1. The van der Waals surface area contributed by atoms with Crippen LogP contribution < -0.4 is 11.1 Å². The molecule has 0 saturated heterocycles. The molecule has 3 aromatic rings. The van der Waals surface area contributed by atoms with Gasteiger partial charge in [-0.2, -0.15) is 0 Å². The highest BCUT2D eigenvalue weighted by molar-refractivity contribution is 7.15. The molecule has 4 rings (SSSR count). The third-order valence-corrected chi connectivity index (χ3v) is 7.55. The van der Waals surface area contributed by atoms with Crippen molar-refractivity contribution in [3.05, 3.63) is 88.6 Å². The Hall–Kier alpha value is -2.89. The number of allylic oxidation sites excluding steroid dienone is 2. The van der Waals surface area contributed by atoms with Crippen LogP contribution in [0.4, 0.5) is 11.4 Å². The topological polar surface area (TPSA) is 54.2 Å². The van der Waals surface area contributed by atoms with E-state index < -0.39 is 0 Å². The molecule has 2 heterocycles. The molecule has 0 saturated carbocycles. The molecule has 0 radical (unpaired) electrons. The molecule has 0 unspecified atom stereocenters. The number of nitrogens with two attached hydrogens (primary N) is 1. The normalized spacial score (nSPS) is 12.7. The zero-order valence-corrected chi connectivity index (χ0v) is 21.3. The number of anilines is 2. The van der Waals surface area contributed by atoms with Gasteiger partial charge in [0, 0.05) is 53.2 Å². The van der Waals surface area contributed by atoms with E-state index in [1.54, 1.807) is 11.3 Å². The maximum absolute atomic E-state index is 6.58. The highest BCUT2D eigenvalue weighted by Gasteiger charge is 2.16. The lowest BCUT2D eigenvalue weighted by molar-refractivity contribution is 0.271. The number of nitrogen functional groups attached to an aromatic ring is 1. The summed E-state index contributed by atoms with van der Waals surface area (Å²) in [5.41, 5.74) is 16.0. The molecule has 4 nitrogen and oxygen atoms in total. The Morgan fingerprint density at radius 3 is 2.85 bits per heavy atom. The number of nitrogens with zero attached hydrogens (tertiary/aromatic N) is 2. The number of benzene rings is 2. The summed E-state index contributed by atoms with van der Waals surface area (Å²) in [4.78, 5) is 8.56. The molecular formula is C29H36N4S. The maximum Gasteiger partial charge on any atom is 0.123 e. The molecule has 1 aliphatic heterocycles. The van der Waals surface area contributed by atoms with E-state index in [2.05, 4.69) is 67.6 Å². The number of thiazole rings is 1. The lowest BCUT2D eigenvalue weighted by Gasteiger charge is -2.22. The van der Waals surface area contributed by atoms with E-state index in [1.807, 2.05) is 12.3 Å². The number of rotatable bonds is 11. The van der Waals surface area contributed by atoms with Crippen LogP contribution in [0, 0.1) is 6.92 Å². The Bertz CT molecular complexity index is 1180. The van der Waals surface area contributed by atoms with Crippen LogP contribution in [0.5, 0.6) is 0 Å². The number of hydrogen-bond acceptors (Lipinski definition) is 5. The smallest absolute Gasteiger partial charge is 0.123 e. The zero-order chi connectivity index (χ0) is 24.1. The average molecular weight is 473 g/mol. The first-order valence-corrected chi connectivity index (χ1v) is 13.0. The summed E-state index contributed by atoms with van der Waals surface area (Å²) in [6, 6.07) is 11.0. The molecule has 34 heavy (non-hydrogen) atoms. The molecule has 3 N–H and O–H groups in total. The summed E-state index contributed by atoms with van der Waals surface area (Å²) in [6.45, 7) is 15.3. The highest BCUT2D eigenvalue weighted by Crippen LogP contribution is 2.34. The van der Waals surface area contributed by atoms with Crippen molar-refractivity contribution in [2.45, 2.75) is 52.5 Å². The van der Waals surface area contributed by atoms with E-state index in [0.717, 1.165) is 73.8 Å². The van der Waals surface area contributed by atoms with Crippen molar-refractivity contribution in [3.63, 3.8) is 0 Å². The second kappa shape index (κ2) is 11.0. The monoisotopic (exact) mass is 472 g/mol. The fourth-order valence-corrected chi connectivity index (χ4v) is 5.61. The van der Waals surface area contributed by atoms with Crippen molar-refractivity contribution in [2.75, 3.05) is 24.1 Å². The molecule has 5 heteroatoms. The average Bonchev–Trinajstić information content (AvgIpc) is 3.43. The van der Waals surface area contributed by atoms with Crippen LogP contribution in [0.2, 0.25) is 0 Å². The summed E-state index contributed by atoms with van der Waals surface area (Å²) in [5.74, 6) is 0. The minimum Gasteiger partial charge on any atom is -0.398 e. The van der Waals surface area contributed by atoms with Crippen molar-refractivity contribution >= 4 is 22.7 Å². The standard InChI is InChI=1S/C29H36N4S/c1-5-7-8-26-20(3)9-10-22(28(26)30)13-15-33(14-6-2)19-25-18-31-29(34-25)24-12-11-23-16-21(4)32-27(23)17-24/h5,9-12,17-18,32H,1,4,6-8,13-16,19,30H2,2-3H3. The van der Waals surface area contributed by atoms with Crippen molar-refractivity contribution in [2.24, 2.45) is 0 Å². The lowest BCUT2D eigenvalue weighted by atomic mass is 9.96. The summed E-state index contributed by atoms with van der Waals surface area (Å²) < 4.78 is 0. The molecule has 0 spiro atoms. The summed E-state index contributed by atoms with van der Waals surface area (Å²) in [7, 11) is 0. The van der Waals surface area contributed by atoms with Crippen LogP contribution in [-0.4, -0.2) is 23.0 Å². The van der Waals surface area contributed by atoms with Gasteiger partial charge in [-0.15, -0.1) is 17.9 Å². The molecule has 0 fully saturated rings. The first-order valence-electron chi connectivity index (χ1n) is 12.2. The van der Waals surface area contributed by atoms with Gasteiger partial charge in [-0.05, 0) is 67.5 Å². The van der Waals surface area contributed by atoms with Gasteiger partial charge >= 0.3 is 0 Å². The van der Waals surface area contributed by atoms with Gasteiger partial charge in [0.05, 0.1) is 0 Å². The quantitative estimate of drug-likeness (QED) is 0.239. The zero-order valence-electron chi connectivity index (χ0n) is 20.5. The van der Waals surface area contributed by atoms with Crippen molar-refractivity contribution in [1.82, 2.24) is 9.88 Å². The SMILES string of the molecule is C=CCCc1c(C)ccc(CCN(CCC)Cc2cnc(-c3ccc4c(c3)NC(=C)C4)s2)c1N. The Kier molecular flexibility index (Phi) is 7.86. The second-order valence-electron chi connectivity index (χ2n) is 9.20. The molecule has 2 aromatic carbocycles. The van der Waals surface area contributed by atoms with Crippen LogP contribution in [0.15, 0.2) is 61.5 Å². The van der Waals surface area contributed by atoms with Gasteiger partial charge in [-0.25, -0.2) is 4.98 Å². The van der Waals surface area contributed by atoms with Crippen LogP contribution in [0.1, 0.15) is 46.9 Å². The molecule has 0 amide bonds. The van der Waals surface area contributed by atoms with Gasteiger partial charge in [-0.1, -0.05) is 43.8 Å². The van der Waals surface area contributed by atoms with E-state index >= 15 is 0 Å². The van der Waals surface area contributed by atoms with E-state index in [1.165, 1.54) is 32.7 Å². The Labute approximate surface area is 208 Å². The van der Waals surface area contributed by atoms with E-state index in [-0.39, 0.29) is 0 Å². The van der Waals surface area contributed by atoms with E-state index in [9.17, 15) is 0 Å². The second-order valence-corrected chi connectivity index (χ2v) is 10.3. The Morgan fingerprint density at radius 1 is 1.21 bits per heavy atom. The highest BCUT2D eigenvalue weighted by atomic mass is 32.1. The minimum absolute atomic E-state index is 0.909. The van der Waals surface area contributed by atoms with Crippen molar-refractivity contribution in [3.8, 4) is 10.6 Å². The van der Waals surface area contributed by atoms with Gasteiger partial charge < -0.3 is 11.1 Å². The van der Waals surface area contributed by atoms with Crippen molar-refractivity contribution < 1.29 is 0 Å². The summed E-state index contributed by atoms with van der Waals surface area (Å²) in [6.07, 6.45) is 8.91. The largest absolute Gasteiger partial charge is 0.398 e. The Morgan fingerprint density at radius 2 is 2.06 bits per heavy atom. The van der Waals surface area contributed by atoms with Gasteiger partial charge in [0.2, 0.25) is 0 Å². The van der Waals surface area contributed by atoms with Crippen LogP contribution in [0.3, 0.4) is 0 Å². The number of aromatic nitrogens is 1. The predicted molar refractivity (Wildman–Crippen MR) is 147 cm³/mol. The first kappa shape index (κ1) is 24.2. The fraction of sp³-hybridized carbons (Fsp3) is 0.345. The molecule has 0 aliphatic carbocycles. The molecule has 0 atom stereocenters. The molecular weight excluding hydrogens is 436 g/mol.